The summed E-state index contributed by atoms with van der Waals surface area (Å²) in [5, 5.41) is 3.34. The van der Waals surface area contributed by atoms with Crippen molar-refractivity contribution in [3.8, 4) is 11.4 Å². The highest BCUT2D eigenvalue weighted by Gasteiger charge is 2.19. The number of anilines is 2. The van der Waals surface area contributed by atoms with E-state index < -0.39 is 10.0 Å². The Bertz CT molecular complexity index is 1390. The number of carbonyl (C=O) groups is 1. The maximum atomic E-state index is 13.0. The summed E-state index contributed by atoms with van der Waals surface area (Å²) >= 11 is 0. The van der Waals surface area contributed by atoms with E-state index in [2.05, 4.69) is 25.0 Å². The van der Waals surface area contributed by atoms with Crippen molar-refractivity contribution in [2.75, 3.05) is 10.0 Å². The van der Waals surface area contributed by atoms with E-state index in [1.807, 2.05) is 31.2 Å². The molecule has 8 nitrogen and oxygen atoms in total. The maximum absolute atomic E-state index is 13.0. The van der Waals surface area contributed by atoms with Gasteiger partial charge in [0.05, 0.1) is 16.3 Å². The van der Waals surface area contributed by atoms with Crippen LogP contribution in [-0.2, 0) is 14.8 Å². The second-order valence-electron chi connectivity index (χ2n) is 6.91. The standard InChI is InChI=1S/C22H19N5O3S/c1-14-5-3-11-23-20(14)19-13-16-6-4-12-24-21(16)22(26-19)27-31(29,30)18-9-7-17(8-10-18)25-15(2)28/h3-13H,1-2H3,(H,25,28)(H,26,27). The quantitative estimate of drug-likeness (QED) is 0.495. The highest BCUT2D eigenvalue weighted by atomic mass is 32.2. The first-order valence-corrected chi connectivity index (χ1v) is 10.9. The highest BCUT2D eigenvalue weighted by molar-refractivity contribution is 7.92. The van der Waals surface area contributed by atoms with Gasteiger partial charge in [-0.15, -0.1) is 0 Å². The second-order valence-corrected chi connectivity index (χ2v) is 8.59. The fourth-order valence-electron chi connectivity index (χ4n) is 3.14. The first-order valence-electron chi connectivity index (χ1n) is 9.42. The Kier molecular flexibility index (Phi) is 5.35. The number of carbonyl (C=O) groups excluding carboxylic acids is 1. The summed E-state index contributed by atoms with van der Waals surface area (Å²) < 4.78 is 28.6. The van der Waals surface area contributed by atoms with Crippen molar-refractivity contribution >= 4 is 38.3 Å². The molecule has 1 aromatic carbocycles. The minimum atomic E-state index is -3.94. The summed E-state index contributed by atoms with van der Waals surface area (Å²) in [6.45, 7) is 3.30. The van der Waals surface area contributed by atoms with Crippen LogP contribution < -0.4 is 10.0 Å². The zero-order valence-corrected chi connectivity index (χ0v) is 17.6. The Hall–Kier alpha value is -3.85. The van der Waals surface area contributed by atoms with Gasteiger partial charge in [-0.3, -0.25) is 19.5 Å². The van der Waals surface area contributed by atoms with Crippen LogP contribution in [0.15, 0.2) is 71.9 Å². The SMILES string of the molecule is CC(=O)Nc1ccc(S(=O)(=O)Nc2nc(-c3ncccc3C)cc3cccnc23)cc1. The molecule has 3 heterocycles. The summed E-state index contributed by atoms with van der Waals surface area (Å²) in [6.07, 6.45) is 3.24. The Labute approximate surface area is 179 Å². The Morgan fingerprint density at radius 2 is 1.68 bits per heavy atom. The zero-order chi connectivity index (χ0) is 22.0. The number of hydrogen-bond acceptors (Lipinski definition) is 6. The lowest BCUT2D eigenvalue weighted by molar-refractivity contribution is -0.114. The number of benzene rings is 1. The molecule has 0 fully saturated rings. The number of fused-ring (bicyclic) bond motifs is 1. The van der Waals surface area contributed by atoms with E-state index in [-0.39, 0.29) is 16.6 Å². The van der Waals surface area contributed by atoms with Crippen molar-refractivity contribution in [3.05, 3.63) is 72.6 Å². The number of nitrogens with zero attached hydrogens (tertiary/aromatic N) is 3. The molecular weight excluding hydrogens is 414 g/mol. The van der Waals surface area contributed by atoms with Gasteiger partial charge < -0.3 is 5.32 Å². The number of hydrogen-bond donors (Lipinski definition) is 2. The molecular formula is C22H19N5O3S. The summed E-state index contributed by atoms with van der Waals surface area (Å²) in [5.74, 6) is -0.124. The van der Waals surface area contributed by atoms with E-state index in [1.54, 1.807) is 18.5 Å². The monoisotopic (exact) mass is 433 g/mol. The van der Waals surface area contributed by atoms with E-state index in [0.717, 1.165) is 10.9 Å². The lowest BCUT2D eigenvalue weighted by atomic mass is 10.1. The van der Waals surface area contributed by atoms with Gasteiger partial charge in [0, 0.05) is 30.4 Å². The van der Waals surface area contributed by atoms with Crippen LogP contribution in [0.1, 0.15) is 12.5 Å². The molecule has 0 unspecified atom stereocenters. The van der Waals surface area contributed by atoms with Crippen LogP contribution in [0.2, 0.25) is 0 Å². The lowest BCUT2D eigenvalue weighted by Gasteiger charge is -2.12. The number of sulfonamides is 1. The Balaban J connectivity index is 1.76. The van der Waals surface area contributed by atoms with Crippen molar-refractivity contribution in [1.82, 2.24) is 15.0 Å². The molecule has 0 aliphatic rings. The molecule has 156 valence electrons. The molecule has 4 aromatic rings. The Morgan fingerprint density at radius 3 is 2.39 bits per heavy atom. The molecule has 0 spiro atoms. The number of amides is 1. The van der Waals surface area contributed by atoms with Gasteiger partial charge in [0.1, 0.15) is 5.52 Å². The van der Waals surface area contributed by atoms with Crippen LogP contribution >= 0.6 is 0 Å². The number of pyridine rings is 3. The molecule has 0 saturated heterocycles. The van der Waals surface area contributed by atoms with Gasteiger partial charge in [0.15, 0.2) is 5.82 Å². The van der Waals surface area contributed by atoms with Gasteiger partial charge in [-0.25, -0.2) is 13.4 Å². The smallest absolute Gasteiger partial charge is 0.263 e. The number of aryl methyl sites for hydroxylation is 1. The van der Waals surface area contributed by atoms with E-state index in [0.29, 0.717) is 22.6 Å². The predicted molar refractivity (Wildman–Crippen MR) is 119 cm³/mol. The average molecular weight is 433 g/mol. The third-order valence-electron chi connectivity index (χ3n) is 4.56. The highest BCUT2D eigenvalue weighted by Crippen LogP contribution is 2.28. The van der Waals surface area contributed by atoms with Crippen LogP contribution in [0, 0.1) is 6.92 Å². The molecule has 0 bridgehead atoms. The van der Waals surface area contributed by atoms with Gasteiger partial charge in [-0.05, 0) is 55.0 Å². The van der Waals surface area contributed by atoms with E-state index in [4.69, 9.17) is 0 Å². The molecule has 0 saturated carbocycles. The van der Waals surface area contributed by atoms with Crippen LogP contribution in [0.5, 0.6) is 0 Å². The number of nitrogens with one attached hydrogen (secondary N) is 2. The molecule has 0 aliphatic carbocycles. The van der Waals surface area contributed by atoms with Crippen molar-refractivity contribution in [2.24, 2.45) is 0 Å². The van der Waals surface area contributed by atoms with Gasteiger partial charge in [-0.2, -0.15) is 0 Å². The molecule has 0 radical (unpaired) electrons. The minimum absolute atomic E-state index is 0.0342. The molecule has 4 rings (SSSR count). The Morgan fingerprint density at radius 1 is 0.968 bits per heavy atom. The van der Waals surface area contributed by atoms with Gasteiger partial charge in [0.2, 0.25) is 5.91 Å². The van der Waals surface area contributed by atoms with Crippen LogP contribution in [0.3, 0.4) is 0 Å². The zero-order valence-electron chi connectivity index (χ0n) is 16.8. The van der Waals surface area contributed by atoms with Gasteiger partial charge >= 0.3 is 0 Å². The molecule has 31 heavy (non-hydrogen) atoms. The van der Waals surface area contributed by atoms with Gasteiger partial charge in [0.25, 0.3) is 10.0 Å². The van der Waals surface area contributed by atoms with Crippen LogP contribution in [-0.4, -0.2) is 29.3 Å². The normalized spacial score (nSPS) is 11.3. The van der Waals surface area contributed by atoms with Crippen LogP contribution in [0.25, 0.3) is 22.3 Å². The molecule has 0 aliphatic heterocycles. The van der Waals surface area contributed by atoms with Gasteiger partial charge in [-0.1, -0.05) is 12.1 Å². The molecule has 3 aromatic heterocycles. The maximum Gasteiger partial charge on any atom is 0.263 e. The van der Waals surface area contributed by atoms with E-state index in [1.165, 1.54) is 31.2 Å². The second kappa shape index (κ2) is 8.11. The first kappa shape index (κ1) is 20.4. The average Bonchev–Trinajstić information content (AvgIpc) is 2.74. The third kappa shape index (κ3) is 4.36. The summed E-state index contributed by atoms with van der Waals surface area (Å²) in [7, 11) is -3.94. The van der Waals surface area contributed by atoms with Crippen molar-refractivity contribution < 1.29 is 13.2 Å². The van der Waals surface area contributed by atoms with Crippen molar-refractivity contribution in [1.29, 1.82) is 0 Å². The number of aromatic nitrogens is 3. The fraction of sp³-hybridized carbons (Fsp3) is 0.0909. The molecule has 1 amide bonds. The topological polar surface area (TPSA) is 114 Å². The van der Waals surface area contributed by atoms with E-state index >= 15 is 0 Å². The fourth-order valence-corrected chi connectivity index (χ4v) is 4.15. The molecule has 0 atom stereocenters. The molecule has 2 N–H and O–H groups in total. The van der Waals surface area contributed by atoms with Crippen molar-refractivity contribution in [2.45, 2.75) is 18.7 Å². The molecule has 9 heteroatoms. The van der Waals surface area contributed by atoms with Crippen molar-refractivity contribution in [3.63, 3.8) is 0 Å². The minimum Gasteiger partial charge on any atom is -0.326 e. The van der Waals surface area contributed by atoms with Crippen LogP contribution in [0.4, 0.5) is 11.5 Å². The van der Waals surface area contributed by atoms with E-state index in [9.17, 15) is 13.2 Å². The summed E-state index contributed by atoms with van der Waals surface area (Å²) in [6, 6.07) is 15.1. The largest absolute Gasteiger partial charge is 0.326 e. The lowest BCUT2D eigenvalue weighted by Crippen LogP contribution is -2.15. The third-order valence-corrected chi connectivity index (χ3v) is 5.91. The first-order chi connectivity index (χ1) is 14.8. The number of rotatable bonds is 5. The summed E-state index contributed by atoms with van der Waals surface area (Å²) in [5.41, 5.74) is 3.05. The predicted octanol–water partition coefficient (Wildman–Crippen LogP) is 3.76. The summed E-state index contributed by atoms with van der Waals surface area (Å²) in [4.78, 5) is 24.4.